The Hall–Kier alpha value is -0.920. The number of nitrogens with one attached hydrogen (secondary N) is 2. The highest BCUT2D eigenvalue weighted by Crippen LogP contribution is 2.18. The predicted molar refractivity (Wildman–Crippen MR) is 87.6 cm³/mol. The van der Waals surface area contributed by atoms with Crippen LogP contribution in [0.15, 0.2) is 23.2 Å². The van der Waals surface area contributed by atoms with Gasteiger partial charge in [0, 0.05) is 25.7 Å². The number of benzene rings is 1. The molecule has 1 aromatic carbocycles. The van der Waals surface area contributed by atoms with E-state index in [0.29, 0.717) is 18.0 Å². The van der Waals surface area contributed by atoms with E-state index in [1.54, 1.807) is 7.05 Å². The number of aliphatic imine (C=N–C) groups is 1. The Morgan fingerprint density at radius 3 is 2.45 bits per heavy atom. The number of guanidine groups is 1. The molecule has 0 spiro atoms. The van der Waals surface area contributed by atoms with Crippen molar-refractivity contribution in [2.24, 2.45) is 4.99 Å². The Labute approximate surface area is 135 Å². The van der Waals surface area contributed by atoms with Crippen LogP contribution in [-0.2, 0) is 6.42 Å². The maximum atomic E-state index is 13.0. The summed E-state index contributed by atoms with van der Waals surface area (Å²) in [5, 5.41) is 6.47. The highest BCUT2D eigenvalue weighted by atomic mass is 127. The zero-order valence-corrected chi connectivity index (χ0v) is 13.8. The van der Waals surface area contributed by atoms with E-state index in [1.807, 2.05) is 0 Å². The van der Waals surface area contributed by atoms with E-state index in [0.717, 1.165) is 25.0 Å². The molecule has 0 saturated heterocycles. The molecule has 0 aliphatic heterocycles. The molecule has 1 saturated carbocycles. The Bertz CT molecular complexity index is 441. The topological polar surface area (TPSA) is 36.4 Å². The van der Waals surface area contributed by atoms with E-state index >= 15 is 0 Å². The van der Waals surface area contributed by atoms with Crippen LogP contribution in [0.2, 0.25) is 0 Å². The second-order valence-electron chi connectivity index (χ2n) is 4.80. The predicted octanol–water partition coefficient (Wildman–Crippen LogP) is 2.84. The van der Waals surface area contributed by atoms with E-state index < -0.39 is 11.6 Å². The summed E-state index contributed by atoms with van der Waals surface area (Å²) in [6.07, 6.45) is 3.84. The van der Waals surface area contributed by atoms with Crippen molar-refractivity contribution >= 4 is 29.9 Å². The molecule has 0 heterocycles. The number of halogens is 3. The lowest BCUT2D eigenvalue weighted by Crippen LogP contribution is -2.39. The van der Waals surface area contributed by atoms with Crippen molar-refractivity contribution in [3.8, 4) is 0 Å². The second-order valence-corrected chi connectivity index (χ2v) is 4.80. The lowest BCUT2D eigenvalue weighted by Gasteiger charge is -2.10. The van der Waals surface area contributed by atoms with Gasteiger partial charge in [0.25, 0.3) is 0 Å². The third kappa shape index (κ3) is 6.02. The number of nitrogens with zero attached hydrogens (tertiary/aromatic N) is 1. The van der Waals surface area contributed by atoms with Crippen LogP contribution in [0, 0.1) is 11.6 Å². The van der Waals surface area contributed by atoms with Gasteiger partial charge >= 0.3 is 0 Å². The van der Waals surface area contributed by atoms with Crippen LogP contribution in [0.1, 0.15) is 24.8 Å². The summed E-state index contributed by atoms with van der Waals surface area (Å²) in [6.45, 7) is 0.727. The van der Waals surface area contributed by atoms with Gasteiger partial charge in [-0.3, -0.25) is 4.99 Å². The fourth-order valence-corrected chi connectivity index (χ4v) is 1.87. The molecule has 0 atom stereocenters. The zero-order valence-electron chi connectivity index (χ0n) is 11.5. The van der Waals surface area contributed by atoms with Crippen LogP contribution >= 0.6 is 24.0 Å². The molecule has 1 fully saturated rings. The van der Waals surface area contributed by atoms with E-state index in [1.165, 1.54) is 25.0 Å². The van der Waals surface area contributed by atoms with E-state index in [2.05, 4.69) is 15.6 Å². The molecule has 6 heteroatoms. The van der Waals surface area contributed by atoms with Gasteiger partial charge in [-0.1, -0.05) is 0 Å². The van der Waals surface area contributed by atoms with Crippen LogP contribution in [0.5, 0.6) is 0 Å². The third-order valence-electron chi connectivity index (χ3n) is 3.00. The average Bonchev–Trinajstić information content (AvgIpc) is 3.15. The summed E-state index contributed by atoms with van der Waals surface area (Å²) < 4.78 is 26.0. The summed E-state index contributed by atoms with van der Waals surface area (Å²) >= 11 is 0. The maximum absolute atomic E-state index is 13.0. The van der Waals surface area contributed by atoms with Gasteiger partial charge in [-0.15, -0.1) is 24.0 Å². The fourth-order valence-electron chi connectivity index (χ4n) is 1.87. The first-order valence-electron chi connectivity index (χ1n) is 6.59. The molecule has 2 N–H and O–H groups in total. The summed E-state index contributed by atoms with van der Waals surface area (Å²) in [5.74, 6) is -0.240. The monoisotopic (exact) mass is 395 g/mol. The fraction of sp³-hybridized carbons (Fsp3) is 0.500. The van der Waals surface area contributed by atoms with Crippen molar-refractivity contribution in [1.29, 1.82) is 0 Å². The Morgan fingerprint density at radius 2 is 1.90 bits per heavy atom. The molecule has 112 valence electrons. The highest BCUT2D eigenvalue weighted by Gasteiger charge is 2.21. The van der Waals surface area contributed by atoms with Crippen molar-refractivity contribution in [2.45, 2.75) is 31.7 Å². The van der Waals surface area contributed by atoms with Crippen molar-refractivity contribution in [3.63, 3.8) is 0 Å². The van der Waals surface area contributed by atoms with Gasteiger partial charge in [0.15, 0.2) is 5.96 Å². The lowest BCUT2D eigenvalue weighted by atomic mass is 10.1. The number of aryl methyl sites for hydroxylation is 1. The van der Waals surface area contributed by atoms with Crippen LogP contribution in [-0.4, -0.2) is 25.6 Å². The normalized spacial score (nSPS) is 14.7. The Morgan fingerprint density at radius 1 is 1.25 bits per heavy atom. The first-order chi connectivity index (χ1) is 9.17. The van der Waals surface area contributed by atoms with Gasteiger partial charge in [0.2, 0.25) is 0 Å². The molecule has 0 aromatic heterocycles. The Balaban J connectivity index is 0.00000200. The number of hydrogen-bond donors (Lipinski definition) is 2. The van der Waals surface area contributed by atoms with Crippen molar-refractivity contribution < 1.29 is 8.78 Å². The van der Waals surface area contributed by atoms with E-state index in [4.69, 9.17) is 0 Å². The molecule has 0 amide bonds. The third-order valence-corrected chi connectivity index (χ3v) is 3.00. The molecular weight excluding hydrogens is 375 g/mol. The molecule has 0 unspecified atom stereocenters. The SMILES string of the molecule is CN=C(NCCCc1cc(F)cc(F)c1)NC1CC1.I. The Kier molecular flexibility index (Phi) is 7.18. The van der Waals surface area contributed by atoms with Gasteiger partial charge in [0.1, 0.15) is 11.6 Å². The first kappa shape index (κ1) is 17.1. The minimum atomic E-state index is -0.519. The summed E-state index contributed by atoms with van der Waals surface area (Å²) in [4.78, 5) is 4.12. The molecule has 1 aliphatic rings. The van der Waals surface area contributed by atoms with E-state index in [-0.39, 0.29) is 24.0 Å². The quantitative estimate of drug-likeness (QED) is 0.348. The zero-order chi connectivity index (χ0) is 13.7. The molecule has 0 bridgehead atoms. The van der Waals surface area contributed by atoms with Gasteiger partial charge in [-0.2, -0.15) is 0 Å². The first-order valence-corrected chi connectivity index (χ1v) is 6.59. The molecule has 20 heavy (non-hydrogen) atoms. The largest absolute Gasteiger partial charge is 0.356 e. The number of hydrogen-bond acceptors (Lipinski definition) is 1. The smallest absolute Gasteiger partial charge is 0.191 e. The van der Waals surface area contributed by atoms with Crippen LogP contribution in [0.25, 0.3) is 0 Å². The van der Waals surface area contributed by atoms with Gasteiger partial charge < -0.3 is 10.6 Å². The van der Waals surface area contributed by atoms with Crippen LogP contribution < -0.4 is 10.6 Å². The molecule has 2 rings (SSSR count). The molecule has 1 aliphatic carbocycles. The molecular formula is C14H20F2IN3. The van der Waals surface area contributed by atoms with Crippen molar-refractivity contribution in [3.05, 3.63) is 35.4 Å². The molecule has 1 aromatic rings. The number of rotatable bonds is 5. The van der Waals surface area contributed by atoms with Crippen molar-refractivity contribution in [1.82, 2.24) is 10.6 Å². The van der Waals surface area contributed by atoms with Crippen LogP contribution in [0.3, 0.4) is 0 Å². The van der Waals surface area contributed by atoms with Gasteiger partial charge in [-0.25, -0.2) is 8.78 Å². The minimum Gasteiger partial charge on any atom is -0.356 e. The summed E-state index contributed by atoms with van der Waals surface area (Å²) in [7, 11) is 1.74. The van der Waals surface area contributed by atoms with Gasteiger partial charge in [0.05, 0.1) is 0 Å². The van der Waals surface area contributed by atoms with Crippen molar-refractivity contribution in [2.75, 3.05) is 13.6 Å². The molecule has 3 nitrogen and oxygen atoms in total. The summed E-state index contributed by atoms with van der Waals surface area (Å²) in [6, 6.07) is 4.20. The van der Waals surface area contributed by atoms with Gasteiger partial charge in [-0.05, 0) is 43.4 Å². The lowest BCUT2D eigenvalue weighted by molar-refractivity contribution is 0.578. The van der Waals surface area contributed by atoms with E-state index in [9.17, 15) is 8.78 Å². The standard InChI is InChI=1S/C14H19F2N3.HI/c1-17-14(19-13-4-5-13)18-6-2-3-10-7-11(15)9-12(16)8-10;/h7-9,13H,2-6H2,1H3,(H2,17,18,19);1H. The second kappa shape index (κ2) is 8.39. The maximum Gasteiger partial charge on any atom is 0.191 e. The minimum absolute atomic E-state index is 0. The molecule has 0 radical (unpaired) electrons. The average molecular weight is 395 g/mol. The van der Waals surface area contributed by atoms with Crippen LogP contribution in [0.4, 0.5) is 8.78 Å². The highest BCUT2D eigenvalue weighted by molar-refractivity contribution is 14.0. The summed E-state index contributed by atoms with van der Waals surface area (Å²) in [5.41, 5.74) is 0.685.